The molecule has 6 nitrogen and oxygen atoms in total. The number of fused-ring (bicyclic) bond motifs is 1. The van der Waals surface area contributed by atoms with E-state index in [1.54, 1.807) is 12.1 Å². The van der Waals surface area contributed by atoms with Gasteiger partial charge in [-0.05, 0) is 44.2 Å². The number of carbonyl (C=O) groups is 1. The Bertz CT molecular complexity index is 848. The Morgan fingerprint density at radius 1 is 0.870 bits per heavy atom. The maximum atomic E-state index is 11.9. The highest BCUT2D eigenvalue weighted by Gasteiger charge is 2.05. The Labute approximate surface area is 133 Å². The smallest absolute Gasteiger partial charge is 0.307 e. The second-order valence-electron chi connectivity index (χ2n) is 5.17. The van der Waals surface area contributed by atoms with E-state index in [1.807, 2.05) is 50.2 Å². The Balaban J connectivity index is 1.68. The molecular weight excluding hydrogens is 290 g/mol. The first-order valence-electron chi connectivity index (χ1n) is 7.25. The highest BCUT2D eigenvalue weighted by atomic mass is 16.2. The van der Waals surface area contributed by atoms with Crippen LogP contribution in [0.4, 0.5) is 16.2 Å². The van der Waals surface area contributed by atoms with Crippen LogP contribution in [0.25, 0.3) is 11.0 Å². The summed E-state index contributed by atoms with van der Waals surface area (Å²) in [5.41, 5.74) is 10.2. The summed E-state index contributed by atoms with van der Waals surface area (Å²) in [7, 11) is 0. The van der Waals surface area contributed by atoms with E-state index in [2.05, 4.69) is 26.1 Å². The normalized spacial score (nSPS) is 10.3. The van der Waals surface area contributed by atoms with Crippen LogP contribution < -0.4 is 16.2 Å². The van der Waals surface area contributed by atoms with Gasteiger partial charge in [-0.2, -0.15) is 0 Å². The molecule has 3 rings (SSSR count). The van der Waals surface area contributed by atoms with Crippen LogP contribution in [0.2, 0.25) is 0 Å². The number of rotatable bonds is 3. The fraction of sp³-hybridized carbons (Fsp3) is 0.118. The van der Waals surface area contributed by atoms with E-state index in [1.165, 1.54) is 0 Å². The van der Waals surface area contributed by atoms with E-state index in [4.69, 9.17) is 0 Å². The molecular formula is C17H17N5O. The molecule has 0 aliphatic heterocycles. The molecule has 23 heavy (non-hydrogen) atoms. The molecule has 2 aromatic carbocycles. The minimum absolute atomic E-state index is 0.356. The van der Waals surface area contributed by atoms with Crippen LogP contribution in [0, 0.1) is 13.8 Å². The monoisotopic (exact) mass is 307 g/mol. The first-order chi connectivity index (χ1) is 11.1. The van der Waals surface area contributed by atoms with Crippen LogP contribution in [0.3, 0.4) is 0 Å². The number of nitrogens with one attached hydrogen (secondary N) is 3. The highest BCUT2D eigenvalue weighted by molar-refractivity contribution is 5.92. The molecule has 3 aromatic rings. The van der Waals surface area contributed by atoms with E-state index >= 15 is 0 Å². The van der Waals surface area contributed by atoms with Gasteiger partial charge in [0.05, 0.1) is 28.1 Å². The number of hydrazine groups is 1. The van der Waals surface area contributed by atoms with Crippen molar-refractivity contribution in [2.45, 2.75) is 13.8 Å². The van der Waals surface area contributed by atoms with Crippen molar-refractivity contribution in [1.29, 1.82) is 0 Å². The van der Waals surface area contributed by atoms with Gasteiger partial charge in [-0.1, -0.05) is 18.2 Å². The van der Waals surface area contributed by atoms with E-state index in [9.17, 15) is 4.79 Å². The number of hydrogen-bond donors (Lipinski definition) is 3. The van der Waals surface area contributed by atoms with Crippen LogP contribution in [-0.4, -0.2) is 16.0 Å². The minimum atomic E-state index is -0.356. The average Bonchev–Trinajstić information content (AvgIpc) is 2.55. The molecule has 0 bridgehead atoms. The summed E-state index contributed by atoms with van der Waals surface area (Å²) in [5.74, 6) is 0. The summed E-state index contributed by atoms with van der Waals surface area (Å²) in [6.07, 6.45) is 0. The Morgan fingerprint density at radius 3 is 2.30 bits per heavy atom. The number of amides is 2. The number of aryl methyl sites for hydroxylation is 2. The summed E-state index contributed by atoms with van der Waals surface area (Å²) in [6, 6.07) is 14.5. The molecule has 0 fully saturated rings. The zero-order chi connectivity index (χ0) is 16.2. The molecule has 0 spiro atoms. The standard InChI is InChI=1S/C17H17N5O/c1-11-12(2)19-16-10-14(8-9-15(16)18-11)20-17(23)22-21-13-6-4-3-5-7-13/h3-10,21H,1-2H3,(H2,20,22,23). The van der Waals surface area contributed by atoms with E-state index in [-0.39, 0.29) is 6.03 Å². The second-order valence-corrected chi connectivity index (χ2v) is 5.17. The molecule has 0 saturated heterocycles. The van der Waals surface area contributed by atoms with Crippen molar-refractivity contribution >= 4 is 28.4 Å². The van der Waals surface area contributed by atoms with Crippen molar-refractivity contribution < 1.29 is 4.79 Å². The number of anilines is 2. The zero-order valence-electron chi connectivity index (χ0n) is 12.9. The van der Waals surface area contributed by atoms with Crippen LogP contribution >= 0.6 is 0 Å². The molecule has 6 heteroatoms. The molecule has 1 aromatic heterocycles. The topological polar surface area (TPSA) is 78.9 Å². The molecule has 3 N–H and O–H groups in total. The second kappa shape index (κ2) is 6.31. The maximum Gasteiger partial charge on any atom is 0.337 e. The van der Waals surface area contributed by atoms with Gasteiger partial charge in [0.15, 0.2) is 0 Å². The molecule has 0 saturated carbocycles. The van der Waals surface area contributed by atoms with E-state index in [0.717, 1.165) is 28.1 Å². The quantitative estimate of drug-likeness (QED) is 0.648. The van der Waals surface area contributed by atoms with Crippen LogP contribution in [0.15, 0.2) is 48.5 Å². The summed E-state index contributed by atoms with van der Waals surface area (Å²) in [4.78, 5) is 20.9. The number of carbonyl (C=O) groups excluding carboxylic acids is 1. The van der Waals surface area contributed by atoms with E-state index < -0.39 is 0 Å². The van der Waals surface area contributed by atoms with Crippen molar-refractivity contribution in [3.05, 3.63) is 59.9 Å². The summed E-state index contributed by atoms with van der Waals surface area (Å²) in [5, 5.41) is 2.76. The van der Waals surface area contributed by atoms with Gasteiger partial charge in [0.25, 0.3) is 0 Å². The Kier molecular flexibility index (Phi) is 4.05. The third-order valence-electron chi connectivity index (χ3n) is 3.43. The van der Waals surface area contributed by atoms with Gasteiger partial charge in [-0.3, -0.25) is 10.9 Å². The number of aromatic nitrogens is 2. The molecule has 0 atom stereocenters. The van der Waals surface area contributed by atoms with Gasteiger partial charge in [0, 0.05) is 5.69 Å². The van der Waals surface area contributed by atoms with Crippen LogP contribution in [0.5, 0.6) is 0 Å². The van der Waals surface area contributed by atoms with Crippen molar-refractivity contribution in [2.24, 2.45) is 0 Å². The van der Waals surface area contributed by atoms with Gasteiger partial charge in [0.2, 0.25) is 0 Å². The predicted octanol–water partition coefficient (Wildman–Crippen LogP) is 3.40. The first kappa shape index (κ1) is 14.8. The van der Waals surface area contributed by atoms with Crippen molar-refractivity contribution in [3.63, 3.8) is 0 Å². The molecule has 116 valence electrons. The van der Waals surface area contributed by atoms with E-state index in [0.29, 0.717) is 5.69 Å². The molecule has 2 amide bonds. The zero-order valence-corrected chi connectivity index (χ0v) is 12.9. The van der Waals surface area contributed by atoms with Gasteiger partial charge >= 0.3 is 6.03 Å². The fourth-order valence-corrected chi connectivity index (χ4v) is 2.12. The number of nitrogens with zero attached hydrogens (tertiary/aromatic N) is 2. The number of para-hydroxylation sites is 1. The minimum Gasteiger partial charge on any atom is -0.307 e. The molecule has 0 radical (unpaired) electrons. The number of urea groups is 1. The SMILES string of the molecule is Cc1nc2ccc(NC(=O)NNc3ccccc3)cc2nc1C. The van der Waals surface area contributed by atoms with Gasteiger partial charge in [-0.25, -0.2) is 14.8 Å². The van der Waals surface area contributed by atoms with Crippen LogP contribution in [-0.2, 0) is 0 Å². The summed E-state index contributed by atoms with van der Waals surface area (Å²) < 4.78 is 0. The molecule has 0 aliphatic rings. The van der Waals surface area contributed by atoms with Crippen molar-refractivity contribution in [2.75, 3.05) is 10.7 Å². The lowest BCUT2D eigenvalue weighted by molar-refractivity contribution is 0.254. The fourth-order valence-electron chi connectivity index (χ4n) is 2.12. The predicted molar refractivity (Wildman–Crippen MR) is 91.2 cm³/mol. The Hall–Kier alpha value is -3.15. The van der Waals surface area contributed by atoms with Crippen molar-refractivity contribution in [3.8, 4) is 0 Å². The third-order valence-corrected chi connectivity index (χ3v) is 3.43. The third kappa shape index (κ3) is 3.55. The van der Waals surface area contributed by atoms with Gasteiger partial charge < -0.3 is 5.32 Å². The summed E-state index contributed by atoms with van der Waals surface area (Å²) >= 11 is 0. The number of hydrogen-bond acceptors (Lipinski definition) is 4. The first-order valence-corrected chi connectivity index (χ1v) is 7.25. The van der Waals surface area contributed by atoms with Crippen LogP contribution in [0.1, 0.15) is 11.4 Å². The molecule has 0 aliphatic carbocycles. The van der Waals surface area contributed by atoms with Gasteiger partial charge in [0.1, 0.15) is 0 Å². The number of benzene rings is 2. The summed E-state index contributed by atoms with van der Waals surface area (Å²) in [6.45, 7) is 3.84. The lowest BCUT2D eigenvalue weighted by atomic mass is 10.2. The average molecular weight is 307 g/mol. The highest BCUT2D eigenvalue weighted by Crippen LogP contribution is 2.17. The molecule has 1 heterocycles. The molecule has 0 unspecified atom stereocenters. The van der Waals surface area contributed by atoms with Crippen molar-refractivity contribution in [1.82, 2.24) is 15.4 Å². The lowest BCUT2D eigenvalue weighted by Crippen LogP contribution is -2.33. The largest absolute Gasteiger partial charge is 0.337 e. The Morgan fingerprint density at radius 2 is 1.57 bits per heavy atom. The lowest BCUT2D eigenvalue weighted by Gasteiger charge is -2.10. The maximum absolute atomic E-state index is 11.9. The van der Waals surface area contributed by atoms with Gasteiger partial charge in [-0.15, -0.1) is 0 Å².